The Morgan fingerprint density at radius 2 is 2.31 bits per heavy atom. The maximum Gasteiger partial charge on any atom is 0.151 e. The summed E-state index contributed by atoms with van der Waals surface area (Å²) in [6, 6.07) is 4.50. The molecule has 1 aromatic heterocycles. The minimum Gasteiger partial charge on any atom is -0.377 e. The average Bonchev–Trinajstić information content (AvgIpc) is 2.63. The lowest BCUT2D eigenvalue weighted by Crippen LogP contribution is -2.06. The van der Waals surface area contributed by atoms with Gasteiger partial charge >= 0.3 is 0 Å². The number of rotatable bonds is 3. The van der Waals surface area contributed by atoms with Crippen molar-refractivity contribution in [1.82, 2.24) is 14.8 Å². The molecule has 0 unspecified atom stereocenters. The molecule has 2 aromatic rings. The van der Waals surface area contributed by atoms with Gasteiger partial charge in [-0.3, -0.25) is 0 Å². The van der Waals surface area contributed by atoms with Crippen molar-refractivity contribution >= 4 is 21.6 Å². The van der Waals surface area contributed by atoms with Crippen molar-refractivity contribution < 1.29 is 4.39 Å². The zero-order valence-corrected chi connectivity index (χ0v) is 10.2. The number of benzene rings is 1. The lowest BCUT2D eigenvalue weighted by atomic mass is 10.3. The lowest BCUT2D eigenvalue weighted by molar-refractivity contribution is 0.627. The molecule has 0 aliphatic heterocycles. The Labute approximate surface area is 101 Å². The second-order valence-corrected chi connectivity index (χ2v) is 4.19. The summed E-state index contributed by atoms with van der Waals surface area (Å²) in [5.41, 5.74) is 0.824. The first kappa shape index (κ1) is 11.1. The summed E-state index contributed by atoms with van der Waals surface area (Å²) in [4.78, 5) is 0. The van der Waals surface area contributed by atoms with E-state index in [2.05, 4.69) is 31.4 Å². The summed E-state index contributed by atoms with van der Waals surface area (Å²) >= 11 is 3.28. The highest BCUT2D eigenvalue weighted by molar-refractivity contribution is 9.10. The number of halogens is 2. The molecule has 0 aliphatic carbocycles. The molecule has 0 amide bonds. The minimum absolute atomic E-state index is 0.268. The van der Waals surface area contributed by atoms with Crippen molar-refractivity contribution in [1.29, 1.82) is 0 Å². The summed E-state index contributed by atoms with van der Waals surface area (Å²) < 4.78 is 15.4. The second-order valence-electron chi connectivity index (χ2n) is 3.34. The van der Waals surface area contributed by atoms with E-state index < -0.39 is 0 Å². The maximum absolute atomic E-state index is 12.8. The van der Waals surface area contributed by atoms with Gasteiger partial charge in [0, 0.05) is 17.2 Å². The molecule has 1 heterocycles. The van der Waals surface area contributed by atoms with Crippen molar-refractivity contribution in [2.75, 3.05) is 5.32 Å². The van der Waals surface area contributed by atoms with Gasteiger partial charge in [0.1, 0.15) is 12.1 Å². The summed E-state index contributed by atoms with van der Waals surface area (Å²) in [5, 5.41) is 10.9. The average molecular weight is 285 g/mol. The fourth-order valence-electron chi connectivity index (χ4n) is 1.27. The van der Waals surface area contributed by atoms with Crippen molar-refractivity contribution in [3.05, 3.63) is 40.6 Å². The van der Waals surface area contributed by atoms with E-state index >= 15 is 0 Å². The Morgan fingerprint density at radius 1 is 1.50 bits per heavy atom. The van der Waals surface area contributed by atoms with Gasteiger partial charge in [-0.1, -0.05) is 0 Å². The lowest BCUT2D eigenvalue weighted by Gasteiger charge is -2.07. The van der Waals surface area contributed by atoms with Gasteiger partial charge in [-0.25, -0.2) is 4.39 Å². The van der Waals surface area contributed by atoms with Crippen LogP contribution in [0.4, 0.5) is 10.1 Å². The number of nitrogens with zero attached hydrogens (tertiary/aromatic N) is 3. The first-order valence-electron chi connectivity index (χ1n) is 4.68. The first-order chi connectivity index (χ1) is 7.66. The van der Waals surface area contributed by atoms with Gasteiger partial charge in [0.25, 0.3) is 0 Å². The molecule has 1 aromatic carbocycles. The highest BCUT2D eigenvalue weighted by Gasteiger charge is 2.03. The summed E-state index contributed by atoms with van der Waals surface area (Å²) in [6.45, 7) is 0.542. The second kappa shape index (κ2) is 4.61. The van der Waals surface area contributed by atoms with Gasteiger partial charge in [0.2, 0.25) is 0 Å². The van der Waals surface area contributed by atoms with Crippen LogP contribution in [0.15, 0.2) is 29.0 Å². The predicted octanol–water partition coefficient (Wildman–Crippen LogP) is 2.33. The third-order valence-electron chi connectivity index (χ3n) is 2.17. The molecule has 0 spiro atoms. The molecular formula is C10H10BrFN4. The molecule has 0 aliphatic rings. The Morgan fingerprint density at radius 3 is 2.94 bits per heavy atom. The van der Waals surface area contributed by atoms with E-state index in [0.29, 0.717) is 11.0 Å². The molecular weight excluding hydrogens is 275 g/mol. The largest absolute Gasteiger partial charge is 0.377 e. The van der Waals surface area contributed by atoms with Gasteiger partial charge < -0.3 is 9.88 Å². The Bertz CT molecular complexity index is 497. The number of hydrogen-bond donors (Lipinski definition) is 1. The van der Waals surface area contributed by atoms with Gasteiger partial charge in [0.15, 0.2) is 5.82 Å². The molecule has 0 atom stereocenters. The van der Waals surface area contributed by atoms with Crippen LogP contribution in [0.3, 0.4) is 0 Å². The van der Waals surface area contributed by atoms with Crippen molar-refractivity contribution in [3.63, 3.8) is 0 Å². The quantitative estimate of drug-likeness (QED) is 0.941. The SMILES string of the molecule is Cn1cnnc1CNc1ccc(F)cc1Br. The normalized spacial score (nSPS) is 10.4. The molecule has 0 saturated heterocycles. The molecule has 0 bridgehead atoms. The third-order valence-corrected chi connectivity index (χ3v) is 2.83. The van der Waals surface area contributed by atoms with Crippen LogP contribution in [-0.4, -0.2) is 14.8 Å². The van der Waals surface area contributed by atoms with Crippen LogP contribution in [0.5, 0.6) is 0 Å². The minimum atomic E-state index is -0.268. The fraction of sp³-hybridized carbons (Fsp3) is 0.200. The predicted molar refractivity (Wildman–Crippen MR) is 62.4 cm³/mol. The van der Waals surface area contributed by atoms with Gasteiger partial charge in [-0.05, 0) is 34.1 Å². The molecule has 0 fully saturated rings. The van der Waals surface area contributed by atoms with Crippen LogP contribution in [-0.2, 0) is 13.6 Å². The van der Waals surface area contributed by atoms with E-state index in [-0.39, 0.29) is 5.82 Å². The van der Waals surface area contributed by atoms with Crippen molar-refractivity contribution in [2.24, 2.45) is 7.05 Å². The number of nitrogens with one attached hydrogen (secondary N) is 1. The van der Waals surface area contributed by atoms with Crippen LogP contribution in [0, 0.1) is 5.82 Å². The van der Waals surface area contributed by atoms with Crippen LogP contribution in [0.2, 0.25) is 0 Å². The Balaban J connectivity index is 2.08. The molecule has 2 rings (SSSR count). The van der Waals surface area contributed by atoms with Gasteiger partial charge in [-0.15, -0.1) is 10.2 Å². The van der Waals surface area contributed by atoms with E-state index in [4.69, 9.17) is 0 Å². The number of anilines is 1. The van der Waals surface area contributed by atoms with Crippen LogP contribution in [0.25, 0.3) is 0 Å². The van der Waals surface area contributed by atoms with Crippen molar-refractivity contribution in [2.45, 2.75) is 6.54 Å². The summed E-state index contributed by atoms with van der Waals surface area (Å²) in [5.74, 6) is 0.548. The summed E-state index contributed by atoms with van der Waals surface area (Å²) in [7, 11) is 1.87. The van der Waals surface area contributed by atoms with Gasteiger partial charge in [-0.2, -0.15) is 0 Å². The van der Waals surface area contributed by atoms with E-state index in [1.807, 2.05) is 11.6 Å². The molecule has 0 radical (unpaired) electrons. The Hall–Kier alpha value is -1.43. The van der Waals surface area contributed by atoms with Crippen LogP contribution in [0.1, 0.15) is 5.82 Å². The third kappa shape index (κ3) is 2.38. The molecule has 1 N–H and O–H groups in total. The van der Waals surface area contributed by atoms with E-state index in [0.717, 1.165) is 11.5 Å². The van der Waals surface area contributed by atoms with Crippen LogP contribution >= 0.6 is 15.9 Å². The zero-order valence-electron chi connectivity index (χ0n) is 8.61. The highest BCUT2D eigenvalue weighted by atomic mass is 79.9. The smallest absolute Gasteiger partial charge is 0.151 e. The fourth-order valence-corrected chi connectivity index (χ4v) is 1.77. The molecule has 84 valence electrons. The van der Waals surface area contributed by atoms with E-state index in [1.54, 1.807) is 12.4 Å². The van der Waals surface area contributed by atoms with E-state index in [9.17, 15) is 4.39 Å². The molecule has 4 nitrogen and oxygen atoms in total. The van der Waals surface area contributed by atoms with Gasteiger partial charge in [0.05, 0.1) is 6.54 Å². The maximum atomic E-state index is 12.8. The van der Waals surface area contributed by atoms with E-state index in [1.165, 1.54) is 12.1 Å². The highest BCUT2D eigenvalue weighted by Crippen LogP contribution is 2.23. The zero-order chi connectivity index (χ0) is 11.5. The number of aryl methyl sites for hydroxylation is 1. The molecule has 6 heteroatoms. The standard InChI is InChI=1S/C10H10BrFN4/c1-16-6-14-15-10(16)5-13-9-3-2-7(12)4-8(9)11/h2-4,6,13H,5H2,1H3. The first-order valence-corrected chi connectivity index (χ1v) is 5.48. The summed E-state index contributed by atoms with van der Waals surface area (Å²) in [6.07, 6.45) is 1.64. The van der Waals surface area contributed by atoms with Crippen LogP contribution < -0.4 is 5.32 Å². The number of hydrogen-bond acceptors (Lipinski definition) is 3. The molecule has 0 saturated carbocycles. The number of aromatic nitrogens is 3. The topological polar surface area (TPSA) is 42.7 Å². The Kier molecular flexibility index (Phi) is 3.19. The van der Waals surface area contributed by atoms with Crippen molar-refractivity contribution in [3.8, 4) is 0 Å². The monoisotopic (exact) mass is 284 g/mol. The molecule has 16 heavy (non-hydrogen) atoms.